The molecule has 166 valence electrons. The normalized spacial score (nSPS) is 11.1. The van der Waals surface area contributed by atoms with Crippen molar-refractivity contribution >= 4 is 34.2 Å². The number of benzene rings is 2. The third-order valence-electron chi connectivity index (χ3n) is 4.43. The number of aromatic nitrogens is 1. The molecule has 0 aliphatic rings. The molecule has 0 radical (unpaired) electrons. The van der Waals surface area contributed by atoms with E-state index >= 15 is 0 Å². The van der Waals surface area contributed by atoms with Crippen LogP contribution in [0.1, 0.15) is 12.5 Å². The van der Waals surface area contributed by atoms with Crippen molar-refractivity contribution in [2.45, 2.75) is 20.4 Å². The van der Waals surface area contributed by atoms with Crippen molar-refractivity contribution in [2.75, 3.05) is 13.2 Å². The van der Waals surface area contributed by atoms with Crippen LogP contribution in [-0.2, 0) is 20.9 Å². The summed E-state index contributed by atoms with van der Waals surface area (Å²) < 4.78 is 11.5. The fraction of sp³-hybridized carbons (Fsp3) is 0.238. The van der Waals surface area contributed by atoms with E-state index in [4.69, 9.17) is 9.47 Å². The highest BCUT2D eigenvalue weighted by Gasteiger charge is 2.20. The van der Waals surface area contributed by atoms with Gasteiger partial charge in [-0.2, -0.15) is 0 Å². The van der Waals surface area contributed by atoms with Gasteiger partial charge in [-0.3, -0.25) is 24.3 Å². The number of hydrogen-bond acceptors (Lipinski definition) is 8. The van der Waals surface area contributed by atoms with Crippen molar-refractivity contribution in [1.29, 1.82) is 0 Å². The molecule has 0 spiro atoms. The Bertz CT molecular complexity index is 1220. The molecule has 11 heteroatoms. The van der Waals surface area contributed by atoms with Crippen LogP contribution in [-0.4, -0.2) is 39.7 Å². The summed E-state index contributed by atoms with van der Waals surface area (Å²) >= 11 is 0. The first-order valence-corrected chi connectivity index (χ1v) is 9.60. The maximum atomic E-state index is 12.1. The van der Waals surface area contributed by atoms with Gasteiger partial charge < -0.3 is 14.6 Å². The average molecular weight is 440 g/mol. The highest BCUT2D eigenvalue weighted by molar-refractivity contribution is 5.96. The van der Waals surface area contributed by atoms with Crippen LogP contribution in [0.15, 0.2) is 52.7 Å². The summed E-state index contributed by atoms with van der Waals surface area (Å²) in [7, 11) is 0. The number of nitrogens with zero attached hydrogens (tertiary/aromatic N) is 4. The van der Waals surface area contributed by atoms with Crippen LogP contribution in [0.3, 0.4) is 0 Å². The molecule has 1 aromatic heterocycles. The number of amides is 1. The standard InChI is InChI=1S/C21H20N4O7/c1-3-31-19(27)11-24-15-7-5-4-6-14(15)20(21(24)28)23-22-18(26)12-32-17-9-8-13(2)10-16(17)25(29)30/h4-10,28H,3,11-12H2,1-2H3. The number of azo groups is 1. The Morgan fingerprint density at radius 2 is 1.97 bits per heavy atom. The zero-order valence-electron chi connectivity index (χ0n) is 17.3. The first kappa shape index (κ1) is 22.4. The second-order valence-electron chi connectivity index (χ2n) is 6.69. The van der Waals surface area contributed by atoms with Crippen molar-refractivity contribution in [2.24, 2.45) is 10.2 Å². The molecule has 0 fully saturated rings. The summed E-state index contributed by atoms with van der Waals surface area (Å²) in [5.74, 6) is -1.79. The van der Waals surface area contributed by atoms with Crippen LogP contribution < -0.4 is 4.74 Å². The molecule has 0 aliphatic heterocycles. The lowest BCUT2D eigenvalue weighted by Crippen LogP contribution is -2.12. The monoisotopic (exact) mass is 440 g/mol. The van der Waals surface area contributed by atoms with Gasteiger partial charge in [-0.15, -0.1) is 10.2 Å². The summed E-state index contributed by atoms with van der Waals surface area (Å²) in [6, 6.07) is 11.1. The lowest BCUT2D eigenvalue weighted by Gasteiger charge is -2.06. The van der Waals surface area contributed by atoms with Crippen molar-refractivity contribution in [3.63, 3.8) is 0 Å². The maximum Gasteiger partial charge on any atom is 0.326 e. The summed E-state index contributed by atoms with van der Waals surface area (Å²) in [6.07, 6.45) is 0. The largest absolute Gasteiger partial charge is 0.493 e. The summed E-state index contributed by atoms with van der Waals surface area (Å²) in [6.45, 7) is 2.73. The van der Waals surface area contributed by atoms with Gasteiger partial charge in [0.15, 0.2) is 18.0 Å². The molecule has 11 nitrogen and oxygen atoms in total. The molecule has 3 aromatic rings. The van der Waals surface area contributed by atoms with E-state index in [0.717, 1.165) is 0 Å². The van der Waals surface area contributed by atoms with E-state index in [0.29, 0.717) is 16.5 Å². The molecule has 0 atom stereocenters. The molecule has 3 rings (SSSR count). The van der Waals surface area contributed by atoms with Gasteiger partial charge in [0, 0.05) is 11.5 Å². The van der Waals surface area contributed by atoms with Crippen LogP contribution in [0, 0.1) is 17.0 Å². The highest BCUT2D eigenvalue weighted by Crippen LogP contribution is 2.38. The van der Waals surface area contributed by atoms with Gasteiger partial charge in [-0.05, 0) is 31.5 Å². The zero-order valence-corrected chi connectivity index (χ0v) is 17.3. The third-order valence-corrected chi connectivity index (χ3v) is 4.43. The number of nitro groups is 1. The van der Waals surface area contributed by atoms with Gasteiger partial charge in [-0.25, -0.2) is 0 Å². The predicted molar refractivity (Wildman–Crippen MR) is 113 cm³/mol. The molecule has 1 amide bonds. The third kappa shape index (κ3) is 4.89. The van der Waals surface area contributed by atoms with Crippen LogP contribution in [0.2, 0.25) is 0 Å². The van der Waals surface area contributed by atoms with Gasteiger partial charge in [0.05, 0.1) is 17.0 Å². The van der Waals surface area contributed by atoms with E-state index in [2.05, 4.69) is 10.2 Å². The van der Waals surface area contributed by atoms with Crippen LogP contribution in [0.4, 0.5) is 11.4 Å². The molecule has 2 aromatic carbocycles. The molecule has 0 bridgehead atoms. The lowest BCUT2D eigenvalue weighted by atomic mass is 10.2. The lowest BCUT2D eigenvalue weighted by molar-refractivity contribution is -0.385. The summed E-state index contributed by atoms with van der Waals surface area (Å²) in [5, 5.41) is 29.6. The van der Waals surface area contributed by atoms with Crippen molar-refractivity contribution < 1.29 is 29.1 Å². The number of carbonyl (C=O) groups is 2. The fourth-order valence-corrected chi connectivity index (χ4v) is 3.03. The Morgan fingerprint density at radius 1 is 1.22 bits per heavy atom. The Hall–Kier alpha value is -4.28. The van der Waals surface area contributed by atoms with Gasteiger partial charge in [0.1, 0.15) is 6.54 Å². The topological polar surface area (TPSA) is 146 Å². The van der Waals surface area contributed by atoms with Gasteiger partial charge in [0.25, 0.3) is 0 Å². The Kier molecular flexibility index (Phi) is 6.78. The highest BCUT2D eigenvalue weighted by atomic mass is 16.6. The van der Waals surface area contributed by atoms with Crippen molar-refractivity contribution in [3.05, 3.63) is 58.1 Å². The SMILES string of the molecule is CCOC(=O)Cn1c(O)c(N=NC(=O)COc2ccc(C)cc2[N+](=O)[O-])c2ccccc21. The minimum absolute atomic E-state index is 0.000403. The molecule has 0 saturated heterocycles. The van der Waals surface area contributed by atoms with E-state index < -0.39 is 23.4 Å². The number of nitro benzene ring substituents is 1. The minimum Gasteiger partial charge on any atom is -0.493 e. The minimum atomic E-state index is -0.818. The number of aryl methyl sites for hydroxylation is 1. The van der Waals surface area contributed by atoms with E-state index in [1.807, 2.05) is 0 Å². The summed E-state index contributed by atoms with van der Waals surface area (Å²) in [5.41, 5.74) is 0.907. The molecule has 1 heterocycles. The van der Waals surface area contributed by atoms with Crippen molar-refractivity contribution in [1.82, 2.24) is 4.57 Å². The molecule has 32 heavy (non-hydrogen) atoms. The van der Waals surface area contributed by atoms with E-state index in [1.54, 1.807) is 44.2 Å². The quantitative estimate of drug-likeness (QED) is 0.242. The van der Waals surface area contributed by atoms with E-state index in [-0.39, 0.29) is 36.2 Å². The second kappa shape index (κ2) is 9.69. The second-order valence-corrected chi connectivity index (χ2v) is 6.69. The number of aromatic hydroxyl groups is 1. The number of fused-ring (bicyclic) bond motifs is 1. The molecule has 0 aliphatic carbocycles. The number of hydrogen-bond donors (Lipinski definition) is 1. The Balaban J connectivity index is 1.80. The predicted octanol–water partition coefficient (Wildman–Crippen LogP) is 3.82. The van der Waals surface area contributed by atoms with Crippen LogP contribution in [0.5, 0.6) is 11.6 Å². The number of para-hydroxylation sites is 1. The molecular formula is C21H20N4O7. The van der Waals surface area contributed by atoms with Crippen molar-refractivity contribution in [3.8, 4) is 11.6 Å². The Morgan fingerprint density at radius 3 is 2.69 bits per heavy atom. The smallest absolute Gasteiger partial charge is 0.326 e. The van der Waals surface area contributed by atoms with Gasteiger partial charge >= 0.3 is 17.6 Å². The number of ether oxygens (including phenoxy) is 2. The average Bonchev–Trinajstić information content (AvgIpc) is 3.02. The summed E-state index contributed by atoms with van der Waals surface area (Å²) in [4.78, 5) is 34.6. The van der Waals surface area contributed by atoms with Gasteiger partial charge in [0.2, 0.25) is 5.88 Å². The number of carbonyl (C=O) groups excluding carboxylic acids is 2. The number of rotatable bonds is 8. The first-order valence-electron chi connectivity index (χ1n) is 9.60. The van der Waals surface area contributed by atoms with E-state index in [1.165, 1.54) is 16.7 Å². The van der Waals surface area contributed by atoms with Crippen LogP contribution in [0.25, 0.3) is 10.9 Å². The molecule has 0 unspecified atom stereocenters. The molecular weight excluding hydrogens is 420 g/mol. The fourth-order valence-electron chi connectivity index (χ4n) is 3.03. The maximum absolute atomic E-state index is 12.1. The molecule has 0 saturated carbocycles. The van der Waals surface area contributed by atoms with E-state index in [9.17, 15) is 24.8 Å². The van der Waals surface area contributed by atoms with Crippen LogP contribution >= 0.6 is 0 Å². The van der Waals surface area contributed by atoms with Gasteiger partial charge in [-0.1, -0.05) is 24.3 Å². The first-order chi connectivity index (χ1) is 15.3. The zero-order chi connectivity index (χ0) is 23.3. The molecule has 1 N–H and O–H groups in total. The number of esters is 1. The Labute approximate surface area is 182 Å².